The van der Waals surface area contributed by atoms with Crippen molar-refractivity contribution < 1.29 is 19.5 Å². The highest BCUT2D eigenvalue weighted by Crippen LogP contribution is 2.19. The van der Waals surface area contributed by atoms with Gasteiger partial charge in [0.15, 0.2) is 5.78 Å². The van der Waals surface area contributed by atoms with Crippen molar-refractivity contribution in [2.75, 3.05) is 6.54 Å². The number of rotatable bonds is 2. The molecular formula is C14H13NO4. The minimum atomic E-state index is -0.717. The van der Waals surface area contributed by atoms with Crippen molar-refractivity contribution in [3.63, 3.8) is 0 Å². The fourth-order valence-electron chi connectivity index (χ4n) is 1.96. The monoisotopic (exact) mass is 259 g/mol. The van der Waals surface area contributed by atoms with Crippen LogP contribution < -0.4 is 0 Å². The fourth-order valence-corrected chi connectivity index (χ4v) is 1.96. The van der Waals surface area contributed by atoms with Crippen molar-refractivity contribution in [2.45, 2.75) is 13.3 Å². The second-order valence-corrected chi connectivity index (χ2v) is 4.32. The van der Waals surface area contributed by atoms with Crippen LogP contribution in [0.25, 0.3) is 0 Å². The smallest absolute Gasteiger partial charge is 0.268 e. The zero-order valence-electron chi connectivity index (χ0n) is 10.4. The second kappa shape index (κ2) is 5.06. The first-order valence-corrected chi connectivity index (χ1v) is 5.82. The molecule has 1 fully saturated rings. The number of carbonyl (C=O) groups is 3. The van der Waals surface area contributed by atoms with E-state index in [9.17, 15) is 19.5 Å². The molecule has 0 radical (unpaired) electrons. The van der Waals surface area contributed by atoms with Gasteiger partial charge in [0.1, 0.15) is 11.3 Å². The number of allylic oxidation sites excluding steroid dienone is 1. The van der Waals surface area contributed by atoms with Gasteiger partial charge in [-0.25, -0.2) is 0 Å². The summed E-state index contributed by atoms with van der Waals surface area (Å²) in [5.74, 6) is -2.02. The van der Waals surface area contributed by atoms with Gasteiger partial charge >= 0.3 is 0 Å². The van der Waals surface area contributed by atoms with E-state index in [0.29, 0.717) is 0 Å². The summed E-state index contributed by atoms with van der Waals surface area (Å²) in [7, 11) is 0. The van der Waals surface area contributed by atoms with Crippen molar-refractivity contribution in [3.05, 3.63) is 47.2 Å². The molecular weight excluding hydrogens is 246 g/mol. The molecule has 1 heterocycles. The summed E-state index contributed by atoms with van der Waals surface area (Å²) in [5, 5.41) is 9.94. The van der Waals surface area contributed by atoms with E-state index in [-0.39, 0.29) is 24.3 Å². The fraction of sp³-hybridized carbons (Fsp3) is 0.214. The molecule has 98 valence electrons. The summed E-state index contributed by atoms with van der Waals surface area (Å²) in [6, 6.07) is 8.99. The van der Waals surface area contributed by atoms with Gasteiger partial charge in [-0.2, -0.15) is 0 Å². The van der Waals surface area contributed by atoms with Crippen LogP contribution in [0, 0.1) is 0 Å². The van der Waals surface area contributed by atoms with Crippen molar-refractivity contribution in [2.24, 2.45) is 0 Å². The SMILES string of the molecule is CC(=O)N1CC(=O)/C(=C(/O)Cc2ccccc2)C1=O. The zero-order chi connectivity index (χ0) is 14.0. The highest BCUT2D eigenvalue weighted by Gasteiger charge is 2.38. The van der Waals surface area contributed by atoms with Gasteiger partial charge in [0, 0.05) is 13.3 Å². The number of aliphatic hydroxyl groups is 1. The van der Waals surface area contributed by atoms with E-state index in [1.807, 2.05) is 6.07 Å². The Kier molecular flexibility index (Phi) is 3.46. The van der Waals surface area contributed by atoms with Crippen LogP contribution in [0.4, 0.5) is 0 Å². The van der Waals surface area contributed by atoms with E-state index in [4.69, 9.17) is 0 Å². The summed E-state index contributed by atoms with van der Waals surface area (Å²) < 4.78 is 0. The van der Waals surface area contributed by atoms with Gasteiger partial charge < -0.3 is 5.11 Å². The first kappa shape index (κ1) is 13.0. The van der Waals surface area contributed by atoms with Gasteiger partial charge in [0.2, 0.25) is 5.91 Å². The molecule has 0 atom stereocenters. The predicted molar refractivity (Wildman–Crippen MR) is 67.2 cm³/mol. The highest BCUT2D eigenvalue weighted by atomic mass is 16.3. The van der Waals surface area contributed by atoms with Crippen molar-refractivity contribution in [1.29, 1.82) is 0 Å². The number of imide groups is 1. The molecule has 2 rings (SSSR count). The number of carbonyl (C=O) groups excluding carboxylic acids is 3. The molecule has 5 heteroatoms. The van der Waals surface area contributed by atoms with Gasteiger partial charge in [-0.1, -0.05) is 30.3 Å². The summed E-state index contributed by atoms with van der Waals surface area (Å²) in [5.41, 5.74) is 0.508. The zero-order valence-corrected chi connectivity index (χ0v) is 10.4. The van der Waals surface area contributed by atoms with Gasteiger partial charge in [-0.3, -0.25) is 19.3 Å². The molecule has 1 aromatic carbocycles. The Morgan fingerprint density at radius 1 is 1.26 bits per heavy atom. The Balaban J connectivity index is 2.29. The van der Waals surface area contributed by atoms with Gasteiger partial charge in [-0.05, 0) is 5.56 Å². The van der Waals surface area contributed by atoms with E-state index < -0.39 is 17.6 Å². The van der Waals surface area contributed by atoms with E-state index in [1.54, 1.807) is 24.3 Å². The molecule has 5 nitrogen and oxygen atoms in total. The summed E-state index contributed by atoms with van der Waals surface area (Å²) in [6.45, 7) is 0.921. The quantitative estimate of drug-likeness (QED) is 0.488. The maximum atomic E-state index is 11.9. The number of amides is 2. The normalized spacial score (nSPS) is 17.8. The van der Waals surface area contributed by atoms with Crippen molar-refractivity contribution in [3.8, 4) is 0 Å². The van der Waals surface area contributed by atoms with E-state index in [2.05, 4.69) is 0 Å². The van der Waals surface area contributed by atoms with Crippen LogP contribution in [0.5, 0.6) is 0 Å². The minimum Gasteiger partial charge on any atom is -0.511 e. The number of hydrogen-bond acceptors (Lipinski definition) is 4. The van der Waals surface area contributed by atoms with Crippen LogP contribution in [-0.2, 0) is 20.8 Å². The Bertz CT molecular complexity index is 574. The number of ketones is 1. The standard InChI is InChI=1S/C14H13NO4/c1-9(16)15-8-12(18)13(14(15)19)11(17)7-10-5-3-2-4-6-10/h2-6,17H,7-8H2,1H3/b13-11-. The molecule has 0 saturated carbocycles. The lowest BCUT2D eigenvalue weighted by molar-refractivity contribution is -0.139. The second-order valence-electron chi connectivity index (χ2n) is 4.32. The highest BCUT2D eigenvalue weighted by molar-refractivity contribution is 6.28. The molecule has 1 aliphatic rings. The van der Waals surface area contributed by atoms with Crippen LogP contribution in [-0.4, -0.2) is 34.1 Å². The predicted octanol–water partition coefficient (Wildman–Crippen LogP) is 0.999. The van der Waals surface area contributed by atoms with Gasteiger partial charge in [0.25, 0.3) is 5.91 Å². The van der Waals surface area contributed by atoms with Gasteiger partial charge in [0.05, 0.1) is 6.54 Å². The Morgan fingerprint density at radius 2 is 1.89 bits per heavy atom. The summed E-state index contributed by atoms with van der Waals surface area (Å²) in [4.78, 5) is 35.6. The average molecular weight is 259 g/mol. The number of Topliss-reactive ketones (excluding diaryl/α,β-unsaturated/α-hetero) is 1. The maximum Gasteiger partial charge on any atom is 0.268 e. The number of hydrogen-bond donors (Lipinski definition) is 1. The largest absolute Gasteiger partial charge is 0.511 e. The maximum absolute atomic E-state index is 11.9. The lowest BCUT2D eigenvalue weighted by Crippen LogP contribution is -2.30. The summed E-state index contributed by atoms with van der Waals surface area (Å²) in [6.07, 6.45) is 0.0966. The van der Waals surface area contributed by atoms with Crippen LogP contribution >= 0.6 is 0 Å². The Labute approximate surface area is 110 Å². The molecule has 19 heavy (non-hydrogen) atoms. The Morgan fingerprint density at radius 3 is 2.42 bits per heavy atom. The third-order valence-electron chi connectivity index (χ3n) is 2.92. The molecule has 2 amide bonds. The molecule has 1 saturated heterocycles. The number of aliphatic hydroxyl groups excluding tert-OH is 1. The number of likely N-dealkylation sites (tertiary alicyclic amines) is 1. The van der Waals surface area contributed by atoms with E-state index >= 15 is 0 Å². The van der Waals surface area contributed by atoms with E-state index in [0.717, 1.165) is 10.5 Å². The van der Waals surface area contributed by atoms with Crippen molar-refractivity contribution >= 4 is 17.6 Å². The van der Waals surface area contributed by atoms with Crippen LogP contribution in [0.3, 0.4) is 0 Å². The van der Waals surface area contributed by atoms with Crippen LogP contribution in [0.15, 0.2) is 41.7 Å². The minimum absolute atomic E-state index is 0.0966. The topological polar surface area (TPSA) is 74.7 Å². The number of benzene rings is 1. The molecule has 0 aliphatic carbocycles. The number of nitrogens with zero attached hydrogens (tertiary/aromatic N) is 1. The third-order valence-corrected chi connectivity index (χ3v) is 2.92. The molecule has 1 aliphatic heterocycles. The molecule has 1 aromatic rings. The van der Waals surface area contributed by atoms with Crippen LogP contribution in [0.1, 0.15) is 12.5 Å². The molecule has 0 spiro atoms. The lowest BCUT2D eigenvalue weighted by atomic mass is 10.1. The third kappa shape index (κ3) is 2.54. The molecule has 0 bridgehead atoms. The Hall–Kier alpha value is -2.43. The molecule has 1 N–H and O–H groups in total. The molecule has 0 unspecified atom stereocenters. The summed E-state index contributed by atoms with van der Waals surface area (Å²) >= 11 is 0. The van der Waals surface area contributed by atoms with E-state index in [1.165, 1.54) is 6.92 Å². The van der Waals surface area contributed by atoms with Crippen LogP contribution in [0.2, 0.25) is 0 Å². The average Bonchev–Trinajstić information content (AvgIpc) is 2.66. The lowest BCUT2D eigenvalue weighted by Gasteiger charge is -2.08. The van der Waals surface area contributed by atoms with Gasteiger partial charge in [-0.15, -0.1) is 0 Å². The first-order valence-electron chi connectivity index (χ1n) is 5.82. The molecule has 0 aromatic heterocycles. The van der Waals surface area contributed by atoms with Crippen molar-refractivity contribution in [1.82, 2.24) is 4.90 Å². The first-order chi connectivity index (χ1) is 9.00.